The Balaban J connectivity index is 1.88. The molecule has 3 rings (SSSR count). The lowest BCUT2D eigenvalue weighted by atomic mass is 10.0. The fraction of sp³-hybridized carbons (Fsp3) is 0.333. The number of aliphatic carboxylic acids is 1. The van der Waals surface area contributed by atoms with E-state index in [1.807, 2.05) is 12.1 Å². The number of carboxylic acid groups (broad SMARTS) is 1. The van der Waals surface area contributed by atoms with Gasteiger partial charge in [0.05, 0.1) is 11.4 Å². The molecule has 0 radical (unpaired) electrons. The lowest BCUT2D eigenvalue weighted by Crippen LogP contribution is -2.05. The first-order valence-electron chi connectivity index (χ1n) is 10.1. The van der Waals surface area contributed by atoms with E-state index in [1.165, 1.54) is 11.3 Å². The molecule has 0 saturated heterocycles. The van der Waals surface area contributed by atoms with Gasteiger partial charge in [-0.1, -0.05) is 80.4 Å². The average molecular weight is 377 g/mol. The Kier molecular flexibility index (Phi) is 7.01. The van der Waals surface area contributed by atoms with Crippen molar-refractivity contribution in [2.75, 3.05) is 0 Å². The minimum Gasteiger partial charge on any atom is -0.481 e. The van der Waals surface area contributed by atoms with Gasteiger partial charge in [0, 0.05) is 30.5 Å². The van der Waals surface area contributed by atoms with Crippen LogP contribution < -0.4 is 0 Å². The number of hydrogen-bond acceptors (Lipinski definition) is 2. The largest absolute Gasteiger partial charge is 0.481 e. The van der Waals surface area contributed by atoms with Crippen molar-refractivity contribution in [3.8, 4) is 22.5 Å². The quantitative estimate of drug-likeness (QED) is 0.454. The third-order valence-electron chi connectivity index (χ3n) is 4.98. The molecule has 1 aromatic heterocycles. The Morgan fingerprint density at radius 3 is 2.11 bits per heavy atom. The summed E-state index contributed by atoms with van der Waals surface area (Å²) in [6, 6.07) is 20.8. The fourth-order valence-electron chi connectivity index (χ4n) is 3.60. The van der Waals surface area contributed by atoms with Gasteiger partial charge in [0.15, 0.2) is 0 Å². The van der Waals surface area contributed by atoms with E-state index in [9.17, 15) is 4.79 Å². The Morgan fingerprint density at radius 1 is 0.893 bits per heavy atom. The summed E-state index contributed by atoms with van der Waals surface area (Å²) >= 11 is 0. The second-order valence-electron chi connectivity index (χ2n) is 7.02. The van der Waals surface area contributed by atoms with Crippen LogP contribution in [-0.2, 0) is 17.8 Å². The average Bonchev–Trinajstić information content (AvgIpc) is 3.10. The van der Waals surface area contributed by atoms with Gasteiger partial charge in [-0.25, -0.2) is 4.98 Å². The first kappa shape index (κ1) is 19.9. The van der Waals surface area contributed by atoms with E-state index in [0.717, 1.165) is 55.7 Å². The Morgan fingerprint density at radius 2 is 1.50 bits per heavy atom. The number of imidazole rings is 1. The second-order valence-corrected chi connectivity index (χ2v) is 7.02. The number of unbranched alkanes of at least 4 members (excludes halogenated alkanes) is 3. The van der Waals surface area contributed by atoms with Crippen LogP contribution >= 0.6 is 0 Å². The summed E-state index contributed by atoms with van der Waals surface area (Å²) in [4.78, 5) is 15.7. The van der Waals surface area contributed by atoms with Crippen LogP contribution in [0.1, 0.15) is 44.9 Å². The molecular weight excluding hydrogens is 348 g/mol. The summed E-state index contributed by atoms with van der Waals surface area (Å²) in [5.41, 5.74) is 4.53. The summed E-state index contributed by atoms with van der Waals surface area (Å²) in [5, 5.41) is 8.78. The highest BCUT2D eigenvalue weighted by Gasteiger charge is 2.18. The third kappa shape index (κ3) is 4.89. The number of carbonyl (C=O) groups is 1. The summed E-state index contributed by atoms with van der Waals surface area (Å²) in [5.74, 6) is 0.394. The van der Waals surface area contributed by atoms with Crippen LogP contribution in [-0.4, -0.2) is 20.6 Å². The van der Waals surface area contributed by atoms with Crippen LogP contribution in [0.15, 0.2) is 60.7 Å². The molecule has 1 heterocycles. The highest BCUT2D eigenvalue weighted by Crippen LogP contribution is 2.33. The van der Waals surface area contributed by atoms with E-state index in [4.69, 9.17) is 10.1 Å². The fourth-order valence-corrected chi connectivity index (χ4v) is 3.60. The van der Waals surface area contributed by atoms with Crippen molar-refractivity contribution < 1.29 is 9.90 Å². The Hall–Kier alpha value is -2.88. The minimum absolute atomic E-state index is 0.263. The molecule has 0 amide bonds. The SMILES string of the molecule is CCc1nc(-c2ccccc2)c(-c2ccccc2)n1CCCCCCC(=O)O. The van der Waals surface area contributed by atoms with E-state index >= 15 is 0 Å². The van der Waals surface area contributed by atoms with Gasteiger partial charge in [0.25, 0.3) is 0 Å². The lowest BCUT2D eigenvalue weighted by molar-refractivity contribution is -0.137. The molecule has 1 N–H and O–H groups in total. The number of carboxylic acids is 1. The number of benzene rings is 2. The van der Waals surface area contributed by atoms with Crippen LogP contribution in [0, 0.1) is 0 Å². The van der Waals surface area contributed by atoms with Gasteiger partial charge in [-0.15, -0.1) is 0 Å². The molecule has 0 aliphatic carbocycles. The van der Waals surface area contributed by atoms with Gasteiger partial charge >= 0.3 is 5.97 Å². The zero-order chi connectivity index (χ0) is 19.8. The zero-order valence-electron chi connectivity index (χ0n) is 16.5. The van der Waals surface area contributed by atoms with Crippen molar-refractivity contribution in [1.82, 2.24) is 9.55 Å². The molecule has 0 spiro atoms. The van der Waals surface area contributed by atoms with Gasteiger partial charge in [-0.3, -0.25) is 4.79 Å². The van der Waals surface area contributed by atoms with E-state index in [2.05, 4.69) is 60.0 Å². The molecule has 2 aromatic carbocycles. The summed E-state index contributed by atoms with van der Waals surface area (Å²) in [7, 11) is 0. The topological polar surface area (TPSA) is 55.1 Å². The molecule has 0 fully saturated rings. The van der Waals surface area contributed by atoms with Gasteiger partial charge in [-0.2, -0.15) is 0 Å². The molecule has 146 valence electrons. The van der Waals surface area contributed by atoms with Crippen LogP contribution in [0.3, 0.4) is 0 Å². The maximum absolute atomic E-state index is 10.7. The Bertz CT molecular complexity index is 886. The number of aryl methyl sites for hydroxylation is 1. The van der Waals surface area contributed by atoms with Gasteiger partial charge in [-0.05, 0) is 12.8 Å². The molecule has 0 unspecified atom stereocenters. The molecule has 0 saturated carbocycles. The van der Waals surface area contributed by atoms with Gasteiger partial charge in [0.1, 0.15) is 5.82 Å². The van der Waals surface area contributed by atoms with Crippen molar-refractivity contribution in [3.05, 3.63) is 66.5 Å². The van der Waals surface area contributed by atoms with Crippen molar-refractivity contribution in [2.24, 2.45) is 0 Å². The maximum Gasteiger partial charge on any atom is 0.303 e. The highest BCUT2D eigenvalue weighted by atomic mass is 16.4. The first-order valence-corrected chi connectivity index (χ1v) is 10.1. The lowest BCUT2D eigenvalue weighted by Gasteiger charge is -2.13. The monoisotopic (exact) mass is 376 g/mol. The van der Waals surface area contributed by atoms with Crippen LogP contribution in [0.25, 0.3) is 22.5 Å². The number of nitrogens with zero attached hydrogens (tertiary/aromatic N) is 2. The first-order chi connectivity index (χ1) is 13.7. The second kappa shape index (κ2) is 9.88. The molecule has 0 aliphatic heterocycles. The summed E-state index contributed by atoms with van der Waals surface area (Å²) in [6.45, 7) is 3.05. The van der Waals surface area contributed by atoms with Gasteiger partial charge < -0.3 is 9.67 Å². The highest BCUT2D eigenvalue weighted by molar-refractivity contribution is 5.79. The van der Waals surface area contributed by atoms with Crippen LogP contribution in [0.4, 0.5) is 0 Å². The van der Waals surface area contributed by atoms with E-state index in [0.29, 0.717) is 0 Å². The van der Waals surface area contributed by atoms with E-state index in [-0.39, 0.29) is 6.42 Å². The molecule has 0 aliphatic rings. The normalized spacial score (nSPS) is 10.9. The van der Waals surface area contributed by atoms with E-state index in [1.54, 1.807) is 0 Å². The summed E-state index contributed by atoms with van der Waals surface area (Å²) < 4.78 is 2.36. The molecule has 4 heteroatoms. The predicted octanol–water partition coefficient (Wildman–Crippen LogP) is 5.81. The molecule has 3 aromatic rings. The molecule has 4 nitrogen and oxygen atoms in total. The summed E-state index contributed by atoms with van der Waals surface area (Å²) in [6.07, 6.45) is 4.90. The molecule has 28 heavy (non-hydrogen) atoms. The predicted molar refractivity (Wildman–Crippen MR) is 113 cm³/mol. The smallest absolute Gasteiger partial charge is 0.303 e. The van der Waals surface area contributed by atoms with E-state index < -0.39 is 5.97 Å². The van der Waals surface area contributed by atoms with Gasteiger partial charge in [0.2, 0.25) is 0 Å². The molecule has 0 atom stereocenters. The minimum atomic E-state index is -0.707. The van der Waals surface area contributed by atoms with Crippen molar-refractivity contribution in [1.29, 1.82) is 0 Å². The van der Waals surface area contributed by atoms with Crippen molar-refractivity contribution in [2.45, 2.75) is 52.0 Å². The van der Waals surface area contributed by atoms with Crippen molar-refractivity contribution >= 4 is 5.97 Å². The van der Waals surface area contributed by atoms with Crippen LogP contribution in [0.5, 0.6) is 0 Å². The number of rotatable bonds is 10. The van der Waals surface area contributed by atoms with Crippen LogP contribution in [0.2, 0.25) is 0 Å². The maximum atomic E-state index is 10.7. The van der Waals surface area contributed by atoms with Crippen molar-refractivity contribution in [3.63, 3.8) is 0 Å². The molecular formula is C24H28N2O2. The zero-order valence-corrected chi connectivity index (χ0v) is 16.5. The third-order valence-corrected chi connectivity index (χ3v) is 4.98. The molecule has 0 bridgehead atoms. The Labute approximate surface area is 166 Å². The standard InChI is InChI=1S/C24H28N2O2/c1-2-21-25-23(19-13-7-5-8-14-19)24(20-15-9-6-10-16-20)26(21)18-12-4-3-11-17-22(27)28/h5-10,13-16H,2-4,11-12,17-18H2,1H3,(H,27,28). The number of aromatic nitrogens is 2. The number of hydrogen-bond donors (Lipinski definition) is 1.